The number of benzene rings is 1. The van der Waals surface area contributed by atoms with Gasteiger partial charge in [-0.05, 0) is 36.2 Å². The summed E-state index contributed by atoms with van der Waals surface area (Å²) in [6, 6.07) is 9.30. The fourth-order valence-corrected chi connectivity index (χ4v) is 2.73. The Kier molecular flexibility index (Phi) is 4.31. The van der Waals surface area contributed by atoms with E-state index in [1.54, 1.807) is 18.2 Å². The van der Waals surface area contributed by atoms with E-state index in [4.69, 9.17) is 0 Å². The first kappa shape index (κ1) is 14.4. The van der Waals surface area contributed by atoms with Gasteiger partial charge < -0.3 is 5.11 Å². The average molecular weight is 293 g/mol. The van der Waals surface area contributed by atoms with E-state index in [1.807, 2.05) is 6.92 Å². The lowest BCUT2D eigenvalue weighted by molar-refractivity contribution is 0.173. The summed E-state index contributed by atoms with van der Waals surface area (Å²) in [5, 5.41) is 17.0. The summed E-state index contributed by atoms with van der Waals surface area (Å²) in [4.78, 5) is 0.0770. The molecule has 0 radical (unpaired) electrons. The van der Waals surface area contributed by atoms with E-state index < -0.39 is 16.1 Å². The molecule has 1 unspecified atom stereocenters. The van der Waals surface area contributed by atoms with Gasteiger partial charge in [-0.3, -0.25) is 4.72 Å². The molecule has 2 aromatic rings. The van der Waals surface area contributed by atoms with Gasteiger partial charge in [-0.15, -0.1) is 5.10 Å². The van der Waals surface area contributed by atoms with Crippen LogP contribution >= 0.6 is 0 Å². The normalized spacial score (nSPS) is 12.9. The van der Waals surface area contributed by atoms with Crippen LogP contribution in [0.15, 0.2) is 47.5 Å². The van der Waals surface area contributed by atoms with Crippen molar-refractivity contribution in [2.45, 2.75) is 24.3 Å². The highest BCUT2D eigenvalue weighted by Gasteiger charge is 2.16. The lowest BCUT2D eigenvalue weighted by Gasteiger charge is -2.11. The second-order valence-corrected chi connectivity index (χ2v) is 5.89. The van der Waals surface area contributed by atoms with Gasteiger partial charge in [0.15, 0.2) is 5.82 Å². The van der Waals surface area contributed by atoms with Crippen molar-refractivity contribution in [1.82, 2.24) is 10.2 Å². The van der Waals surface area contributed by atoms with Crippen molar-refractivity contribution in [2.75, 3.05) is 4.72 Å². The smallest absolute Gasteiger partial charge is 0.263 e. The molecular weight excluding hydrogens is 278 g/mol. The fourth-order valence-electron chi connectivity index (χ4n) is 1.68. The highest BCUT2D eigenvalue weighted by molar-refractivity contribution is 7.92. The van der Waals surface area contributed by atoms with Crippen molar-refractivity contribution in [1.29, 1.82) is 0 Å². The molecule has 2 N–H and O–H groups in total. The summed E-state index contributed by atoms with van der Waals surface area (Å²) in [6.07, 6.45) is 1.29. The second kappa shape index (κ2) is 5.98. The summed E-state index contributed by atoms with van der Waals surface area (Å²) in [6.45, 7) is 1.82. The van der Waals surface area contributed by atoms with E-state index in [0.29, 0.717) is 12.0 Å². The van der Waals surface area contributed by atoms with Crippen molar-refractivity contribution in [3.05, 3.63) is 48.2 Å². The zero-order valence-corrected chi connectivity index (χ0v) is 11.7. The van der Waals surface area contributed by atoms with Crippen molar-refractivity contribution in [3.63, 3.8) is 0 Å². The molecule has 1 aromatic heterocycles. The Bertz CT molecular complexity index is 674. The number of aliphatic hydroxyl groups is 1. The van der Waals surface area contributed by atoms with Gasteiger partial charge in [-0.25, -0.2) is 8.42 Å². The van der Waals surface area contributed by atoms with E-state index in [0.717, 1.165) is 0 Å². The van der Waals surface area contributed by atoms with E-state index in [2.05, 4.69) is 14.9 Å². The van der Waals surface area contributed by atoms with Crippen molar-refractivity contribution in [2.24, 2.45) is 0 Å². The van der Waals surface area contributed by atoms with Crippen LogP contribution < -0.4 is 4.72 Å². The standard InChI is InChI=1S/C13H15N3O3S/c1-2-12(17)10-5-3-6-11(9-10)20(18,19)16-13-7-4-8-14-15-13/h3-9,12,17H,2H2,1H3,(H,15,16). The van der Waals surface area contributed by atoms with Crippen LogP contribution in [-0.2, 0) is 10.0 Å². The number of hydrogen-bond donors (Lipinski definition) is 2. The van der Waals surface area contributed by atoms with Gasteiger partial charge in [0.25, 0.3) is 10.0 Å². The van der Waals surface area contributed by atoms with Crippen molar-refractivity contribution >= 4 is 15.8 Å². The van der Waals surface area contributed by atoms with E-state index >= 15 is 0 Å². The number of aliphatic hydroxyl groups excluding tert-OH is 1. The van der Waals surface area contributed by atoms with Gasteiger partial charge >= 0.3 is 0 Å². The van der Waals surface area contributed by atoms with Crippen LogP contribution in [0.4, 0.5) is 5.82 Å². The minimum atomic E-state index is -3.74. The summed E-state index contributed by atoms with van der Waals surface area (Å²) in [5.41, 5.74) is 0.564. The lowest BCUT2D eigenvalue weighted by atomic mass is 10.1. The first-order valence-corrected chi connectivity index (χ1v) is 7.60. The molecule has 106 valence electrons. The Hall–Kier alpha value is -1.99. The molecule has 1 heterocycles. The monoisotopic (exact) mass is 293 g/mol. The van der Waals surface area contributed by atoms with Crippen LogP contribution in [0.3, 0.4) is 0 Å². The van der Waals surface area contributed by atoms with Gasteiger partial charge in [0.05, 0.1) is 11.0 Å². The third-order valence-corrected chi connectivity index (χ3v) is 4.10. The maximum Gasteiger partial charge on any atom is 0.263 e. The average Bonchev–Trinajstić information content (AvgIpc) is 2.47. The minimum Gasteiger partial charge on any atom is -0.388 e. The molecule has 0 saturated heterocycles. The molecule has 0 amide bonds. The Labute approximate surface area is 117 Å². The summed E-state index contributed by atoms with van der Waals surface area (Å²) in [5.74, 6) is 0.147. The molecule has 0 spiro atoms. The number of rotatable bonds is 5. The molecule has 6 nitrogen and oxygen atoms in total. The fraction of sp³-hybridized carbons (Fsp3) is 0.231. The van der Waals surface area contributed by atoms with Crippen LogP contribution in [0.5, 0.6) is 0 Å². The zero-order valence-electron chi connectivity index (χ0n) is 10.9. The van der Waals surface area contributed by atoms with Gasteiger partial charge in [-0.2, -0.15) is 5.10 Å². The van der Waals surface area contributed by atoms with Crippen molar-refractivity contribution in [3.8, 4) is 0 Å². The Balaban J connectivity index is 2.30. The predicted octanol–water partition coefficient (Wildman–Crippen LogP) is 1.72. The van der Waals surface area contributed by atoms with Crippen LogP contribution in [0, 0.1) is 0 Å². The Morgan fingerprint density at radius 2 is 2.10 bits per heavy atom. The number of sulfonamides is 1. The van der Waals surface area contributed by atoms with Gasteiger partial charge in [0.1, 0.15) is 0 Å². The van der Waals surface area contributed by atoms with Gasteiger partial charge in [0.2, 0.25) is 0 Å². The molecule has 1 aromatic carbocycles. The van der Waals surface area contributed by atoms with Crippen molar-refractivity contribution < 1.29 is 13.5 Å². The molecule has 0 aliphatic heterocycles. The highest BCUT2D eigenvalue weighted by atomic mass is 32.2. The molecule has 0 aliphatic carbocycles. The van der Waals surface area contributed by atoms with E-state index in [-0.39, 0.29) is 10.7 Å². The molecule has 0 saturated carbocycles. The summed E-state index contributed by atoms with van der Waals surface area (Å²) >= 11 is 0. The van der Waals surface area contributed by atoms with E-state index in [1.165, 1.54) is 24.4 Å². The molecule has 7 heteroatoms. The minimum absolute atomic E-state index is 0.0770. The maximum absolute atomic E-state index is 12.2. The van der Waals surface area contributed by atoms with Crippen LogP contribution in [0.2, 0.25) is 0 Å². The number of aromatic nitrogens is 2. The molecule has 2 rings (SSSR count). The quantitative estimate of drug-likeness (QED) is 0.875. The Morgan fingerprint density at radius 3 is 2.75 bits per heavy atom. The van der Waals surface area contributed by atoms with Crippen LogP contribution in [-0.4, -0.2) is 23.7 Å². The van der Waals surface area contributed by atoms with Crippen LogP contribution in [0.25, 0.3) is 0 Å². The molecule has 1 atom stereocenters. The van der Waals surface area contributed by atoms with Gasteiger partial charge in [0, 0.05) is 6.20 Å². The lowest BCUT2D eigenvalue weighted by Crippen LogP contribution is -2.14. The second-order valence-electron chi connectivity index (χ2n) is 4.21. The SMILES string of the molecule is CCC(O)c1cccc(S(=O)(=O)Nc2cccnn2)c1. The molecule has 0 bridgehead atoms. The molecule has 20 heavy (non-hydrogen) atoms. The highest BCUT2D eigenvalue weighted by Crippen LogP contribution is 2.21. The predicted molar refractivity (Wildman–Crippen MR) is 74.5 cm³/mol. The summed E-state index contributed by atoms with van der Waals surface area (Å²) in [7, 11) is -3.74. The molecular formula is C13H15N3O3S. The van der Waals surface area contributed by atoms with Gasteiger partial charge in [-0.1, -0.05) is 19.1 Å². The summed E-state index contributed by atoms with van der Waals surface area (Å²) < 4.78 is 26.7. The number of hydrogen-bond acceptors (Lipinski definition) is 5. The number of nitrogens with one attached hydrogen (secondary N) is 1. The first-order chi connectivity index (χ1) is 9.53. The topological polar surface area (TPSA) is 92.2 Å². The first-order valence-electron chi connectivity index (χ1n) is 6.11. The Morgan fingerprint density at radius 1 is 1.30 bits per heavy atom. The largest absolute Gasteiger partial charge is 0.388 e. The molecule has 0 aliphatic rings. The van der Waals surface area contributed by atoms with Crippen LogP contribution in [0.1, 0.15) is 25.0 Å². The third-order valence-electron chi connectivity index (χ3n) is 2.75. The molecule has 0 fully saturated rings. The van der Waals surface area contributed by atoms with E-state index in [9.17, 15) is 13.5 Å². The number of nitrogens with zero attached hydrogens (tertiary/aromatic N) is 2. The maximum atomic E-state index is 12.2. The third kappa shape index (κ3) is 3.31. The number of anilines is 1. The zero-order chi connectivity index (χ0) is 14.6.